The minimum Gasteiger partial charge on any atom is -0.465 e. The highest BCUT2D eigenvalue weighted by Crippen LogP contribution is 2.30. The van der Waals surface area contributed by atoms with E-state index in [2.05, 4.69) is 20.5 Å². The second-order valence-corrected chi connectivity index (χ2v) is 7.33. The number of thiazole rings is 1. The molecule has 2 amide bonds. The lowest BCUT2D eigenvalue weighted by Gasteiger charge is -2.28. The maximum Gasteiger partial charge on any atom is 0.407 e. The summed E-state index contributed by atoms with van der Waals surface area (Å²) in [5.74, 6) is 0.324. The number of aromatic amines is 1. The number of anilines is 2. The number of carbonyl (C=O) groups is 2. The van der Waals surface area contributed by atoms with E-state index in [0.29, 0.717) is 30.3 Å². The van der Waals surface area contributed by atoms with Crippen LogP contribution in [0.25, 0.3) is 10.9 Å². The van der Waals surface area contributed by atoms with Crippen LogP contribution in [0.5, 0.6) is 0 Å². The zero-order valence-corrected chi connectivity index (χ0v) is 15.1. The summed E-state index contributed by atoms with van der Waals surface area (Å²) in [4.78, 5) is 29.4. The summed E-state index contributed by atoms with van der Waals surface area (Å²) in [6.07, 6.45) is 0.557. The Morgan fingerprint density at radius 3 is 2.85 bits per heavy atom. The van der Waals surface area contributed by atoms with Gasteiger partial charge in [-0.25, -0.2) is 9.78 Å². The molecule has 3 heterocycles. The zero-order chi connectivity index (χ0) is 19.0. The average Bonchev–Trinajstić information content (AvgIpc) is 3.29. The van der Waals surface area contributed by atoms with Crippen molar-refractivity contribution in [3.05, 3.63) is 34.3 Å². The van der Waals surface area contributed by atoms with Gasteiger partial charge in [0.2, 0.25) is 0 Å². The Morgan fingerprint density at radius 1 is 1.33 bits per heavy atom. The molecule has 0 spiro atoms. The number of aromatic nitrogens is 3. The maximum atomic E-state index is 12.5. The Morgan fingerprint density at radius 2 is 2.11 bits per heavy atom. The third-order valence-corrected chi connectivity index (χ3v) is 5.73. The Balaban J connectivity index is 1.43. The van der Waals surface area contributed by atoms with Crippen LogP contribution in [-0.4, -0.2) is 50.3 Å². The Hall–Kier alpha value is -3.14. The molecule has 0 bridgehead atoms. The summed E-state index contributed by atoms with van der Waals surface area (Å²) in [6, 6.07) is 5.33. The number of nitrogen functional groups attached to an aromatic ring is 1. The van der Waals surface area contributed by atoms with E-state index >= 15 is 0 Å². The van der Waals surface area contributed by atoms with E-state index in [0.717, 1.165) is 28.8 Å². The molecule has 9 nitrogen and oxygen atoms in total. The number of benzene rings is 1. The number of nitrogens with zero attached hydrogens (tertiary/aromatic N) is 3. The number of hydrogen-bond donors (Lipinski definition) is 4. The molecular formula is C17H18N6O3S. The molecule has 0 radical (unpaired) electrons. The molecule has 10 heteroatoms. The lowest BCUT2D eigenvalue weighted by molar-refractivity contribution is 0.102. The van der Waals surface area contributed by atoms with E-state index in [-0.39, 0.29) is 11.8 Å². The summed E-state index contributed by atoms with van der Waals surface area (Å²) in [6.45, 7) is 0.989. The lowest BCUT2D eigenvalue weighted by atomic mass is 9.98. The SMILES string of the molecule is Nc1n[nH]c2cc(NC(=O)c3csc(C4CCN(C(=O)O)CC4)n3)ccc12. The first-order valence-electron chi connectivity index (χ1n) is 8.49. The van der Waals surface area contributed by atoms with E-state index in [9.17, 15) is 9.59 Å². The Labute approximate surface area is 158 Å². The summed E-state index contributed by atoms with van der Waals surface area (Å²) >= 11 is 1.44. The summed E-state index contributed by atoms with van der Waals surface area (Å²) in [7, 11) is 0. The Bertz CT molecular complexity index is 1010. The van der Waals surface area contributed by atoms with E-state index < -0.39 is 6.09 Å². The highest BCUT2D eigenvalue weighted by atomic mass is 32.1. The molecule has 140 valence electrons. The molecule has 1 aromatic carbocycles. The Kier molecular flexibility index (Phi) is 4.40. The second-order valence-electron chi connectivity index (χ2n) is 6.44. The van der Waals surface area contributed by atoms with Gasteiger partial charge in [0.15, 0.2) is 5.82 Å². The number of hydrogen-bond acceptors (Lipinski definition) is 6. The van der Waals surface area contributed by atoms with Gasteiger partial charge in [0.05, 0.1) is 10.5 Å². The van der Waals surface area contributed by atoms with Crippen LogP contribution in [0.3, 0.4) is 0 Å². The molecule has 4 rings (SSSR count). The quantitative estimate of drug-likeness (QED) is 0.546. The standard InChI is InChI=1S/C17H18N6O3S/c18-14-11-2-1-10(7-12(11)21-22-14)19-15(24)13-8-27-16(20-13)9-3-5-23(6-4-9)17(25)26/h1-2,7-9H,3-6H2,(H,19,24)(H,25,26)(H3,18,21,22). The van der Waals surface area contributed by atoms with E-state index in [4.69, 9.17) is 10.8 Å². The zero-order valence-electron chi connectivity index (χ0n) is 14.3. The van der Waals surface area contributed by atoms with Crippen molar-refractivity contribution in [2.45, 2.75) is 18.8 Å². The molecule has 5 N–H and O–H groups in total. The van der Waals surface area contributed by atoms with Gasteiger partial charge in [-0.3, -0.25) is 9.89 Å². The van der Waals surface area contributed by atoms with Gasteiger partial charge < -0.3 is 21.1 Å². The molecule has 0 atom stereocenters. The van der Waals surface area contributed by atoms with Gasteiger partial charge in [0.1, 0.15) is 5.69 Å². The summed E-state index contributed by atoms with van der Waals surface area (Å²) in [5, 5.41) is 22.0. The van der Waals surface area contributed by atoms with Crippen LogP contribution in [0.15, 0.2) is 23.6 Å². The van der Waals surface area contributed by atoms with Crippen molar-refractivity contribution in [2.24, 2.45) is 0 Å². The van der Waals surface area contributed by atoms with E-state index in [1.807, 2.05) is 0 Å². The number of fused-ring (bicyclic) bond motifs is 1. The van der Waals surface area contributed by atoms with Crippen LogP contribution < -0.4 is 11.1 Å². The third kappa shape index (κ3) is 3.43. The summed E-state index contributed by atoms with van der Waals surface area (Å²) < 4.78 is 0. The van der Waals surface area contributed by atoms with Crippen molar-refractivity contribution in [3.63, 3.8) is 0 Å². The van der Waals surface area contributed by atoms with Gasteiger partial charge in [-0.2, -0.15) is 5.10 Å². The first-order chi connectivity index (χ1) is 13.0. The number of nitrogens with one attached hydrogen (secondary N) is 2. The van der Waals surface area contributed by atoms with Crippen molar-refractivity contribution in [3.8, 4) is 0 Å². The van der Waals surface area contributed by atoms with Gasteiger partial charge in [0, 0.05) is 35.5 Å². The van der Waals surface area contributed by atoms with Crippen LogP contribution in [0.2, 0.25) is 0 Å². The van der Waals surface area contributed by atoms with Gasteiger partial charge in [0.25, 0.3) is 5.91 Å². The predicted octanol–water partition coefficient (Wildman–Crippen LogP) is 2.71. The number of piperidine rings is 1. The van der Waals surface area contributed by atoms with Crippen LogP contribution >= 0.6 is 11.3 Å². The van der Waals surface area contributed by atoms with Gasteiger partial charge in [-0.1, -0.05) is 0 Å². The molecule has 0 saturated carbocycles. The smallest absolute Gasteiger partial charge is 0.407 e. The molecule has 1 aliphatic heterocycles. The van der Waals surface area contributed by atoms with Crippen LogP contribution in [0.4, 0.5) is 16.3 Å². The highest BCUT2D eigenvalue weighted by Gasteiger charge is 2.26. The molecule has 1 aliphatic rings. The number of carboxylic acid groups (broad SMARTS) is 1. The number of likely N-dealkylation sites (tertiary alicyclic amines) is 1. The molecule has 27 heavy (non-hydrogen) atoms. The minimum absolute atomic E-state index is 0.191. The predicted molar refractivity (Wildman–Crippen MR) is 102 cm³/mol. The van der Waals surface area contributed by atoms with Gasteiger partial charge >= 0.3 is 6.09 Å². The molecule has 0 unspecified atom stereocenters. The fourth-order valence-electron chi connectivity index (χ4n) is 3.21. The molecule has 2 aromatic heterocycles. The van der Waals surface area contributed by atoms with Gasteiger partial charge in [-0.05, 0) is 31.0 Å². The van der Waals surface area contributed by atoms with Crippen LogP contribution in [0, 0.1) is 0 Å². The molecule has 0 aliphatic carbocycles. The topological polar surface area (TPSA) is 137 Å². The molecule has 1 saturated heterocycles. The summed E-state index contributed by atoms with van der Waals surface area (Å²) in [5.41, 5.74) is 7.47. The van der Waals surface area contributed by atoms with Crippen LogP contribution in [0.1, 0.15) is 34.3 Å². The monoisotopic (exact) mass is 386 g/mol. The van der Waals surface area contributed by atoms with Crippen molar-refractivity contribution < 1.29 is 14.7 Å². The normalized spacial score (nSPS) is 15.2. The number of carbonyl (C=O) groups excluding carboxylic acids is 1. The minimum atomic E-state index is -0.886. The van der Waals surface area contributed by atoms with Crippen molar-refractivity contribution in [2.75, 3.05) is 24.1 Å². The van der Waals surface area contributed by atoms with Crippen molar-refractivity contribution >= 4 is 45.7 Å². The van der Waals surface area contributed by atoms with Crippen LogP contribution in [-0.2, 0) is 0 Å². The van der Waals surface area contributed by atoms with Gasteiger partial charge in [-0.15, -0.1) is 11.3 Å². The maximum absolute atomic E-state index is 12.5. The average molecular weight is 386 g/mol. The number of nitrogens with two attached hydrogens (primary N) is 1. The number of rotatable bonds is 3. The fourth-order valence-corrected chi connectivity index (χ4v) is 4.18. The van der Waals surface area contributed by atoms with Crippen molar-refractivity contribution in [1.82, 2.24) is 20.1 Å². The third-order valence-electron chi connectivity index (χ3n) is 4.72. The second kappa shape index (κ2) is 6.88. The largest absolute Gasteiger partial charge is 0.465 e. The molecule has 3 aromatic rings. The highest BCUT2D eigenvalue weighted by molar-refractivity contribution is 7.10. The molecular weight excluding hydrogens is 368 g/mol. The number of H-pyrrole nitrogens is 1. The molecule has 1 fully saturated rings. The van der Waals surface area contributed by atoms with E-state index in [1.165, 1.54) is 16.2 Å². The van der Waals surface area contributed by atoms with Crippen molar-refractivity contribution in [1.29, 1.82) is 0 Å². The lowest BCUT2D eigenvalue weighted by Crippen LogP contribution is -2.36. The fraction of sp³-hybridized carbons (Fsp3) is 0.294. The first kappa shape index (κ1) is 17.3. The van der Waals surface area contributed by atoms with E-state index in [1.54, 1.807) is 23.6 Å². The number of amides is 2. The first-order valence-corrected chi connectivity index (χ1v) is 9.37.